The first kappa shape index (κ1) is 18.2. The summed E-state index contributed by atoms with van der Waals surface area (Å²) in [5, 5.41) is 2.86. The summed E-state index contributed by atoms with van der Waals surface area (Å²) in [5.74, 6) is 0.421. The van der Waals surface area contributed by atoms with Crippen LogP contribution in [0.3, 0.4) is 0 Å². The lowest BCUT2D eigenvalue weighted by molar-refractivity contribution is 0.0935. The molecule has 1 amide bonds. The number of nitrogens with one attached hydrogen (secondary N) is 3. The number of carbonyl (C=O) groups is 1. The Bertz CT molecular complexity index is 804. The summed E-state index contributed by atoms with van der Waals surface area (Å²) in [4.78, 5) is 39.7. The average molecular weight is 358 g/mol. The van der Waals surface area contributed by atoms with Crippen molar-refractivity contribution in [2.45, 2.75) is 52.0 Å². The smallest absolute Gasteiger partial charge is 0.323 e. The van der Waals surface area contributed by atoms with E-state index in [0.717, 1.165) is 30.3 Å². The molecule has 140 valence electrons. The number of aromatic nitrogens is 4. The van der Waals surface area contributed by atoms with Crippen molar-refractivity contribution in [2.75, 3.05) is 18.0 Å². The van der Waals surface area contributed by atoms with Crippen LogP contribution in [0.1, 0.15) is 66.8 Å². The molecule has 26 heavy (non-hydrogen) atoms. The van der Waals surface area contributed by atoms with E-state index < -0.39 is 5.69 Å². The molecule has 2 aromatic rings. The van der Waals surface area contributed by atoms with Gasteiger partial charge in [-0.3, -0.25) is 4.79 Å². The van der Waals surface area contributed by atoms with E-state index in [1.54, 1.807) is 6.20 Å². The van der Waals surface area contributed by atoms with Crippen LogP contribution in [0.5, 0.6) is 0 Å². The van der Waals surface area contributed by atoms with Crippen molar-refractivity contribution in [1.29, 1.82) is 0 Å². The third-order valence-electron chi connectivity index (χ3n) is 4.80. The third kappa shape index (κ3) is 4.30. The zero-order valence-electron chi connectivity index (χ0n) is 15.3. The van der Waals surface area contributed by atoms with E-state index in [-0.39, 0.29) is 17.6 Å². The van der Waals surface area contributed by atoms with E-state index in [2.05, 4.69) is 30.2 Å². The van der Waals surface area contributed by atoms with Gasteiger partial charge in [-0.25, -0.2) is 14.8 Å². The van der Waals surface area contributed by atoms with Crippen LogP contribution < -0.4 is 15.9 Å². The molecular weight excluding hydrogens is 332 g/mol. The van der Waals surface area contributed by atoms with Gasteiger partial charge in [0.25, 0.3) is 5.91 Å². The van der Waals surface area contributed by atoms with Crippen molar-refractivity contribution in [3.63, 3.8) is 0 Å². The molecule has 2 aromatic heterocycles. The molecule has 1 aliphatic heterocycles. The molecule has 3 rings (SSSR count). The van der Waals surface area contributed by atoms with Crippen molar-refractivity contribution >= 4 is 11.9 Å². The van der Waals surface area contributed by atoms with Gasteiger partial charge in [-0.15, -0.1) is 0 Å². The lowest BCUT2D eigenvalue weighted by Crippen LogP contribution is -2.30. The number of aryl methyl sites for hydroxylation is 1. The Balaban J connectivity index is 1.69. The predicted octanol–water partition coefficient (Wildman–Crippen LogP) is 2.06. The molecule has 0 saturated carbocycles. The van der Waals surface area contributed by atoms with Crippen LogP contribution in [-0.4, -0.2) is 38.9 Å². The minimum atomic E-state index is -0.403. The van der Waals surface area contributed by atoms with Crippen LogP contribution in [0.2, 0.25) is 0 Å². The van der Waals surface area contributed by atoms with Crippen molar-refractivity contribution in [1.82, 2.24) is 25.3 Å². The summed E-state index contributed by atoms with van der Waals surface area (Å²) in [5.41, 5.74) is 1.53. The molecule has 8 nitrogen and oxygen atoms in total. The van der Waals surface area contributed by atoms with Crippen molar-refractivity contribution < 1.29 is 4.79 Å². The standard InChI is InChI=1S/C18H26N6O2/c1-12(21-16(25)15-11-20-18(26)23-15)14-10-19-17(22-13(14)2)24-8-6-4-3-5-7-9-24/h10-12H,3-9H2,1-2H3,(H,21,25)(H2,20,23,26). The number of rotatable bonds is 4. The van der Waals surface area contributed by atoms with Gasteiger partial charge in [-0.1, -0.05) is 19.3 Å². The maximum atomic E-state index is 12.2. The lowest BCUT2D eigenvalue weighted by atomic mass is 10.1. The highest BCUT2D eigenvalue weighted by molar-refractivity contribution is 5.92. The maximum Gasteiger partial charge on any atom is 0.323 e. The second-order valence-electron chi connectivity index (χ2n) is 6.82. The lowest BCUT2D eigenvalue weighted by Gasteiger charge is -2.25. The normalized spacial score (nSPS) is 16.6. The second kappa shape index (κ2) is 8.16. The Morgan fingerprint density at radius 2 is 1.92 bits per heavy atom. The van der Waals surface area contributed by atoms with Crippen LogP contribution >= 0.6 is 0 Å². The number of hydrogen-bond acceptors (Lipinski definition) is 5. The van der Waals surface area contributed by atoms with Crippen molar-refractivity contribution in [3.8, 4) is 0 Å². The Hall–Kier alpha value is -2.64. The molecule has 0 radical (unpaired) electrons. The number of nitrogens with zero attached hydrogens (tertiary/aromatic N) is 3. The van der Waals surface area contributed by atoms with Crippen molar-refractivity contribution in [2.24, 2.45) is 0 Å². The van der Waals surface area contributed by atoms with E-state index in [1.165, 1.54) is 38.3 Å². The Morgan fingerprint density at radius 3 is 2.54 bits per heavy atom. The number of carbonyl (C=O) groups excluding carboxylic acids is 1. The van der Waals surface area contributed by atoms with Crippen LogP contribution in [-0.2, 0) is 0 Å². The van der Waals surface area contributed by atoms with Gasteiger partial charge in [0.15, 0.2) is 0 Å². The zero-order valence-corrected chi connectivity index (χ0v) is 15.3. The summed E-state index contributed by atoms with van der Waals surface area (Å²) in [7, 11) is 0. The highest BCUT2D eigenvalue weighted by Gasteiger charge is 2.18. The maximum absolute atomic E-state index is 12.2. The van der Waals surface area contributed by atoms with Crippen molar-refractivity contribution in [3.05, 3.63) is 39.8 Å². The third-order valence-corrected chi connectivity index (χ3v) is 4.80. The molecule has 0 spiro atoms. The molecule has 0 bridgehead atoms. The summed E-state index contributed by atoms with van der Waals surface area (Å²) in [6.45, 7) is 5.80. The topological polar surface area (TPSA) is 107 Å². The first-order valence-corrected chi connectivity index (χ1v) is 9.21. The number of hydrogen-bond donors (Lipinski definition) is 3. The minimum Gasteiger partial charge on any atom is -0.344 e. The van der Waals surface area contributed by atoms with Gasteiger partial charge in [0, 0.05) is 36.7 Å². The molecule has 0 aromatic carbocycles. The fourth-order valence-electron chi connectivity index (χ4n) is 3.30. The summed E-state index contributed by atoms with van der Waals surface area (Å²) < 4.78 is 0. The van der Waals surface area contributed by atoms with E-state index in [9.17, 15) is 9.59 Å². The first-order valence-electron chi connectivity index (χ1n) is 9.21. The van der Waals surface area contributed by atoms with Crippen LogP contribution in [0, 0.1) is 6.92 Å². The Kier molecular flexibility index (Phi) is 5.70. The number of amides is 1. The SMILES string of the molecule is Cc1nc(N2CCCCCCC2)ncc1C(C)NC(=O)c1c[nH]c(=O)[nH]1. The van der Waals surface area contributed by atoms with E-state index in [0.29, 0.717) is 0 Å². The largest absolute Gasteiger partial charge is 0.344 e. The number of anilines is 1. The fraction of sp³-hybridized carbons (Fsp3) is 0.556. The molecule has 1 atom stereocenters. The molecule has 3 N–H and O–H groups in total. The first-order chi connectivity index (χ1) is 12.5. The highest BCUT2D eigenvalue weighted by Crippen LogP contribution is 2.20. The van der Waals surface area contributed by atoms with Gasteiger partial charge < -0.3 is 20.2 Å². The molecule has 8 heteroatoms. The van der Waals surface area contributed by atoms with E-state index in [1.807, 2.05) is 13.8 Å². The van der Waals surface area contributed by atoms with E-state index >= 15 is 0 Å². The second-order valence-corrected chi connectivity index (χ2v) is 6.82. The Labute approximate surface area is 152 Å². The molecule has 1 aliphatic rings. The molecule has 0 aliphatic carbocycles. The van der Waals surface area contributed by atoms with Gasteiger partial charge in [0.05, 0.1) is 6.04 Å². The summed E-state index contributed by atoms with van der Waals surface area (Å²) >= 11 is 0. The predicted molar refractivity (Wildman–Crippen MR) is 99.4 cm³/mol. The van der Waals surface area contributed by atoms with Gasteiger partial charge in [-0.2, -0.15) is 0 Å². The van der Waals surface area contributed by atoms with Crippen LogP contribution in [0.25, 0.3) is 0 Å². The van der Waals surface area contributed by atoms with Gasteiger partial charge in [-0.05, 0) is 26.7 Å². The minimum absolute atomic E-state index is 0.206. The molecule has 1 fully saturated rings. The Morgan fingerprint density at radius 1 is 1.23 bits per heavy atom. The molecule has 1 saturated heterocycles. The van der Waals surface area contributed by atoms with Gasteiger partial charge in [0.1, 0.15) is 5.69 Å². The van der Waals surface area contributed by atoms with E-state index in [4.69, 9.17) is 0 Å². The number of H-pyrrole nitrogens is 2. The van der Waals surface area contributed by atoms with Gasteiger partial charge >= 0.3 is 5.69 Å². The van der Waals surface area contributed by atoms with Crippen LogP contribution in [0.15, 0.2) is 17.2 Å². The summed E-state index contributed by atoms with van der Waals surface area (Å²) in [6.07, 6.45) is 9.34. The quantitative estimate of drug-likeness (QED) is 0.775. The number of imidazole rings is 1. The number of aromatic amines is 2. The van der Waals surface area contributed by atoms with Gasteiger partial charge in [0.2, 0.25) is 5.95 Å². The zero-order chi connectivity index (χ0) is 18.5. The van der Waals surface area contributed by atoms with Crippen LogP contribution in [0.4, 0.5) is 5.95 Å². The molecule has 3 heterocycles. The molecule has 1 unspecified atom stereocenters. The average Bonchev–Trinajstić information content (AvgIpc) is 3.01. The summed E-state index contributed by atoms with van der Waals surface area (Å²) in [6, 6.07) is -0.262. The highest BCUT2D eigenvalue weighted by atomic mass is 16.2. The fourth-order valence-corrected chi connectivity index (χ4v) is 3.30. The molecular formula is C18H26N6O2. The monoisotopic (exact) mass is 358 g/mol.